The summed E-state index contributed by atoms with van der Waals surface area (Å²) in [5.74, 6) is 0.427. The molecule has 0 spiro atoms. The van der Waals surface area contributed by atoms with Gasteiger partial charge in [-0.05, 0) is 71.8 Å². The van der Waals surface area contributed by atoms with E-state index in [0.717, 1.165) is 63.4 Å². The van der Waals surface area contributed by atoms with Crippen LogP contribution in [0.2, 0.25) is 0 Å². The summed E-state index contributed by atoms with van der Waals surface area (Å²) in [7, 11) is 1.71. The summed E-state index contributed by atoms with van der Waals surface area (Å²) < 4.78 is 34.3. The molecule has 364 valence electrons. The number of ether oxygens (including phenoxy) is 6. The van der Waals surface area contributed by atoms with Gasteiger partial charge in [0.2, 0.25) is 11.8 Å². The van der Waals surface area contributed by atoms with Gasteiger partial charge < -0.3 is 49.3 Å². The van der Waals surface area contributed by atoms with Crippen LogP contribution in [0.1, 0.15) is 49.1 Å². The van der Waals surface area contributed by atoms with Gasteiger partial charge in [-0.2, -0.15) is 0 Å². The van der Waals surface area contributed by atoms with E-state index in [-0.39, 0.29) is 29.2 Å². The van der Waals surface area contributed by atoms with E-state index >= 15 is 0 Å². The van der Waals surface area contributed by atoms with Crippen LogP contribution in [0.3, 0.4) is 0 Å². The average molecular weight is 932 g/mol. The predicted octanol–water partition coefficient (Wildman–Crippen LogP) is 5.61. The van der Waals surface area contributed by atoms with E-state index in [9.17, 15) is 9.59 Å². The van der Waals surface area contributed by atoms with Gasteiger partial charge >= 0.3 is 0 Å². The number of methoxy groups -OCH3 is 1. The van der Waals surface area contributed by atoms with Crippen molar-refractivity contribution >= 4 is 34.0 Å². The third kappa shape index (κ3) is 14.8. The van der Waals surface area contributed by atoms with Gasteiger partial charge in [0, 0.05) is 87.0 Å². The van der Waals surface area contributed by atoms with E-state index < -0.39 is 0 Å². The van der Waals surface area contributed by atoms with Crippen molar-refractivity contribution in [3.63, 3.8) is 0 Å². The number of pyridine rings is 2. The summed E-state index contributed by atoms with van der Waals surface area (Å²) in [6, 6.07) is 28.2. The van der Waals surface area contributed by atoms with E-state index in [1.807, 2.05) is 90.1 Å². The van der Waals surface area contributed by atoms with Crippen LogP contribution >= 0.6 is 0 Å². The molecule has 15 nitrogen and oxygen atoms in total. The predicted molar refractivity (Wildman–Crippen MR) is 265 cm³/mol. The number of piperazine rings is 1. The molecule has 3 atom stereocenters. The second-order valence-electron chi connectivity index (χ2n) is 18.1. The van der Waals surface area contributed by atoms with Gasteiger partial charge in [-0.25, -0.2) is 0 Å². The first kappa shape index (κ1) is 50.5. The van der Waals surface area contributed by atoms with Crippen LogP contribution in [0.5, 0.6) is 5.75 Å². The SMILES string of the molecule is COC[C@H]1CN[C@H](C)CN1CC(=O)N1CC(C)(C)c2ncc(Cc3cccc(OCCOCCOCCOCCOCCNC[C@@H](C(=O)Nc4ccc5cnccc5c4)c4ccccc4)c3)cc21. The quantitative estimate of drug-likeness (QED) is 0.0559. The van der Waals surface area contributed by atoms with Gasteiger partial charge in [-0.15, -0.1) is 0 Å². The highest BCUT2D eigenvalue weighted by atomic mass is 16.6. The van der Waals surface area contributed by atoms with E-state index in [1.54, 1.807) is 13.3 Å². The molecule has 2 amide bonds. The van der Waals surface area contributed by atoms with E-state index in [0.29, 0.717) is 105 Å². The Kier molecular flexibility index (Phi) is 19.2. The fourth-order valence-electron chi connectivity index (χ4n) is 8.73. The van der Waals surface area contributed by atoms with Gasteiger partial charge in [-0.1, -0.05) is 62.4 Å². The highest BCUT2D eigenvalue weighted by Gasteiger charge is 2.40. The molecule has 15 heteroatoms. The van der Waals surface area contributed by atoms with Crippen molar-refractivity contribution in [1.82, 2.24) is 25.5 Å². The minimum atomic E-state index is -0.365. The second kappa shape index (κ2) is 25.8. The number of hydrogen-bond donors (Lipinski definition) is 3. The topological polar surface area (TPSA) is 158 Å². The Hall–Kier alpha value is -5.36. The molecular weight excluding hydrogens is 863 g/mol. The third-order valence-corrected chi connectivity index (χ3v) is 12.3. The number of aromatic nitrogens is 2. The molecule has 5 aromatic rings. The zero-order valence-electron chi connectivity index (χ0n) is 40.1. The Labute approximate surface area is 401 Å². The number of fused-ring (bicyclic) bond motifs is 2. The maximum absolute atomic E-state index is 13.9. The number of carbonyl (C=O) groups is 2. The molecule has 1 fully saturated rings. The number of amides is 2. The van der Waals surface area contributed by atoms with E-state index in [4.69, 9.17) is 33.4 Å². The normalized spacial score (nSPS) is 17.3. The molecule has 68 heavy (non-hydrogen) atoms. The third-order valence-electron chi connectivity index (χ3n) is 12.3. The summed E-state index contributed by atoms with van der Waals surface area (Å²) in [6.45, 7) is 14.8. The van der Waals surface area contributed by atoms with Crippen molar-refractivity contribution in [3.8, 4) is 5.75 Å². The maximum Gasteiger partial charge on any atom is 0.241 e. The molecule has 0 aliphatic carbocycles. The first-order chi connectivity index (χ1) is 33.2. The van der Waals surface area contributed by atoms with Crippen molar-refractivity contribution in [2.45, 2.75) is 50.6 Å². The summed E-state index contributed by atoms with van der Waals surface area (Å²) in [5.41, 5.74) is 5.46. The Morgan fingerprint density at radius 2 is 1.57 bits per heavy atom. The Morgan fingerprint density at radius 3 is 2.34 bits per heavy atom. The van der Waals surface area contributed by atoms with Crippen molar-refractivity contribution in [1.29, 1.82) is 0 Å². The van der Waals surface area contributed by atoms with Gasteiger partial charge in [0.15, 0.2) is 0 Å². The molecule has 2 aliphatic rings. The van der Waals surface area contributed by atoms with Crippen LogP contribution in [0.15, 0.2) is 104 Å². The number of nitrogens with one attached hydrogen (secondary N) is 3. The Morgan fingerprint density at radius 1 is 0.824 bits per heavy atom. The second-order valence-corrected chi connectivity index (χ2v) is 18.1. The summed E-state index contributed by atoms with van der Waals surface area (Å²) in [4.78, 5) is 40.5. The maximum atomic E-state index is 13.9. The van der Waals surface area contributed by atoms with E-state index in [2.05, 4.69) is 58.7 Å². The monoisotopic (exact) mass is 932 g/mol. The zero-order chi connectivity index (χ0) is 47.6. The minimum Gasteiger partial charge on any atom is -0.491 e. The van der Waals surface area contributed by atoms with Gasteiger partial charge in [0.05, 0.1) is 83.3 Å². The molecule has 3 N–H and O–H groups in total. The lowest BCUT2D eigenvalue weighted by atomic mass is 9.91. The molecule has 0 saturated carbocycles. The van der Waals surface area contributed by atoms with Crippen molar-refractivity contribution in [2.75, 3.05) is 123 Å². The number of carbonyl (C=O) groups excluding carboxylic acids is 2. The largest absolute Gasteiger partial charge is 0.491 e. The first-order valence-electron chi connectivity index (χ1n) is 23.9. The fraction of sp³-hybridized carbons (Fsp3) is 0.472. The molecule has 4 heterocycles. The lowest BCUT2D eigenvalue weighted by molar-refractivity contribution is -0.121. The van der Waals surface area contributed by atoms with Crippen molar-refractivity contribution in [3.05, 3.63) is 126 Å². The zero-order valence-corrected chi connectivity index (χ0v) is 40.1. The van der Waals surface area contributed by atoms with Gasteiger partial charge in [-0.3, -0.25) is 24.5 Å². The highest BCUT2D eigenvalue weighted by Crippen LogP contribution is 2.40. The van der Waals surface area contributed by atoms with Crippen molar-refractivity contribution < 1.29 is 38.0 Å². The lowest BCUT2D eigenvalue weighted by Gasteiger charge is -2.39. The molecule has 2 aromatic heterocycles. The molecule has 0 unspecified atom stereocenters. The van der Waals surface area contributed by atoms with Gasteiger partial charge in [0.1, 0.15) is 12.4 Å². The minimum absolute atomic E-state index is 0.0736. The number of benzene rings is 3. The van der Waals surface area contributed by atoms with Crippen LogP contribution in [-0.2, 0) is 45.1 Å². The van der Waals surface area contributed by atoms with Crippen molar-refractivity contribution in [2.24, 2.45) is 0 Å². The molecule has 3 aromatic carbocycles. The number of rotatable bonds is 27. The van der Waals surface area contributed by atoms with Crippen LogP contribution in [-0.4, -0.2) is 151 Å². The first-order valence-corrected chi connectivity index (χ1v) is 23.9. The standard InChI is InChI=1S/C53H69N7O8/c1-39-35-59(46(33-56-39)37-63-4)36-50(61)60-38-53(2,3)51-49(60)29-41(31-57-51)27-40-9-8-12-47(28-40)68-26-25-67-24-23-66-22-21-65-20-19-64-18-17-55-34-48(42-10-6-5-7-11-42)52(62)58-45-14-13-44-32-54-16-15-43(44)30-45/h5-16,28-32,39,46,48,55-56H,17-27,33-38H2,1-4H3,(H,58,62)/t39-,46-,48-/m1/s1. The molecule has 0 radical (unpaired) electrons. The van der Waals surface area contributed by atoms with Crippen LogP contribution in [0.25, 0.3) is 10.8 Å². The molecule has 7 rings (SSSR count). The highest BCUT2D eigenvalue weighted by molar-refractivity contribution is 5.98. The Bertz CT molecular complexity index is 2350. The lowest BCUT2D eigenvalue weighted by Crippen LogP contribution is -2.59. The van der Waals surface area contributed by atoms with Crippen LogP contribution < -0.4 is 25.6 Å². The molecule has 1 saturated heterocycles. The number of nitrogens with zero attached hydrogens (tertiary/aromatic N) is 4. The average Bonchev–Trinajstić information content (AvgIpc) is 3.61. The summed E-state index contributed by atoms with van der Waals surface area (Å²) >= 11 is 0. The van der Waals surface area contributed by atoms with E-state index in [1.165, 1.54) is 0 Å². The summed E-state index contributed by atoms with van der Waals surface area (Å²) in [5, 5.41) is 12.0. The Balaban J connectivity index is 0.721. The van der Waals surface area contributed by atoms with Crippen LogP contribution in [0, 0.1) is 0 Å². The summed E-state index contributed by atoms with van der Waals surface area (Å²) in [6.07, 6.45) is 6.16. The smallest absolute Gasteiger partial charge is 0.241 e. The van der Waals surface area contributed by atoms with Crippen LogP contribution in [0.4, 0.5) is 11.4 Å². The fourth-order valence-corrected chi connectivity index (χ4v) is 8.73. The molecule has 0 bridgehead atoms. The molecular formula is C53H69N7O8. The van der Waals surface area contributed by atoms with Gasteiger partial charge in [0.25, 0.3) is 0 Å². The molecule has 2 aliphatic heterocycles. The number of anilines is 2. The number of hydrogen-bond acceptors (Lipinski definition) is 13.